The van der Waals surface area contributed by atoms with Crippen molar-refractivity contribution >= 4 is 43.7 Å². The molecule has 2 heterocycles. The quantitative estimate of drug-likeness (QED) is 0.155. The van der Waals surface area contributed by atoms with Crippen molar-refractivity contribution in [3.8, 4) is 0 Å². The average molecular weight is 516 g/mol. The van der Waals surface area contributed by atoms with Crippen molar-refractivity contribution in [1.29, 1.82) is 0 Å². The second-order valence-corrected chi connectivity index (χ2v) is 8.03. The Hall–Kier alpha value is -3.18. The number of hydrogen-bond acceptors (Lipinski definition) is 7. The van der Waals surface area contributed by atoms with E-state index in [1.807, 2.05) is 42.1 Å². The van der Waals surface area contributed by atoms with Crippen molar-refractivity contribution in [1.82, 2.24) is 9.55 Å². The maximum Gasteiger partial charge on any atom is 0.270 e. The van der Waals surface area contributed by atoms with Gasteiger partial charge < -0.3 is 21.9 Å². The minimum atomic E-state index is -0.417. The third-order valence-corrected chi connectivity index (χ3v) is 5.77. The first-order chi connectivity index (χ1) is 15.0. The number of halogens is 1. The molecule has 2 aromatic carbocycles. The van der Waals surface area contributed by atoms with Gasteiger partial charge in [-0.1, -0.05) is 11.3 Å². The highest BCUT2D eigenvalue weighted by Crippen LogP contribution is 2.32. The number of hydrogen-bond donors (Lipinski definition) is 0. The molecule has 2 aromatic heterocycles. The van der Waals surface area contributed by atoms with Crippen molar-refractivity contribution in [2.24, 2.45) is 17.3 Å². The zero-order chi connectivity index (χ0) is 21.8. The van der Waals surface area contributed by atoms with E-state index in [4.69, 9.17) is 0 Å². The Balaban J connectivity index is 0.00000289. The molecule has 32 heavy (non-hydrogen) atoms. The lowest BCUT2D eigenvalue weighted by Crippen LogP contribution is -3.00. The van der Waals surface area contributed by atoms with Gasteiger partial charge in [-0.25, -0.2) is 14.1 Å². The lowest BCUT2D eigenvalue weighted by atomic mass is 10.2. The van der Waals surface area contributed by atoms with Crippen LogP contribution in [0.1, 0.15) is 6.92 Å². The largest absolute Gasteiger partial charge is 1.00 e. The van der Waals surface area contributed by atoms with Gasteiger partial charge in [-0.3, -0.25) is 10.1 Å². The van der Waals surface area contributed by atoms with Gasteiger partial charge in [0, 0.05) is 24.4 Å². The van der Waals surface area contributed by atoms with Gasteiger partial charge in [0.05, 0.1) is 34.4 Å². The maximum absolute atomic E-state index is 10.9. The molecule has 4 rings (SSSR count). The number of fused-ring (bicyclic) bond motifs is 1. The van der Waals surface area contributed by atoms with E-state index < -0.39 is 4.92 Å². The van der Waals surface area contributed by atoms with E-state index in [1.165, 1.54) is 23.5 Å². The van der Waals surface area contributed by atoms with Gasteiger partial charge in [0.25, 0.3) is 5.69 Å². The molecular weight excluding hydrogens is 494 g/mol. The molecule has 0 saturated heterocycles. The van der Waals surface area contributed by atoms with E-state index in [9.17, 15) is 10.1 Å². The van der Waals surface area contributed by atoms with Gasteiger partial charge in [0.1, 0.15) is 18.9 Å². The highest BCUT2D eigenvalue weighted by atomic mass is 79.9. The van der Waals surface area contributed by atoms with E-state index in [1.54, 1.807) is 6.07 Å². The predicted octanol–water partition coefficient (Wildman–Crippen LogP) is 1.78. The third-order valence-electron chi connectivity index (χ3n) is 4.87. The van der Waals surface area contributed by atoms with Gasteiger partial charge in [-0.15, -0.1) is 10.2 Å². The van der Waals surface area contributed by atoms with Crippen LogP contribution >= 0.6 is 11.3 Å². The zero-order valence-corrected chi connectivity index (χ0v) is 20.0. The van der Waals surface area contributed by atoms with Crippen molar-refractivity contribution < 1.29 is 26.5 Å². The van der Waals surface area contributed by atoms with Gasteiger partial charge >= 0.3 is 0 Å². The van der Waals surface area contributed by atoms with Crippen LogP contribution in [-0.4, -0.2) is 27.6 Å². The monoisotopic (exact) mass is 515 g/mol. The summed E-state index contributed by atoms with van der Waals surface area (Å²) in [5, 5.41) is 19.9. The highest BCUT2D eigenvalue weighted by Gasteiger charge is 2.10. The molecule has 0 aliphatic rings. The molecule has 0 radical (unpaired) electrons. The van der Waals surface area contributed by atoms with Gasteiger partial charge in [-0.05, 0) is 37.3 Å². The molecule has 0 spiro atoms. The van der Waals surface area contributed by atoms with Crippen LogP contribution in [0.5, 0.6) is 0 Å². The lowest BCUT2D eigenvalue weighted by molar-refractivity contribution is -0.671. The van der Waals surface area contributed by atoms with E-state index in [2.05, 4.69) is 44.1 Å². The van der Waals surface area contributed by atoms with Crippen molar-refractivity contribution in [2.75, 3.05) is 18.0 Å². The molecular formula is C21H22BrN7O2S. The number of benzene rings is 2. The number of thiazole rings is 1. The number of anilines is 1. The number of rotatable bonds is 8. The summed E-state index contributed by atoms with van der Waals surface area (Å²) in [6.45, 7) is 4.86. The topological polar surface area (TPSA) is 92.8 Å². The summed E-state index contributed by atoms with van der Waals surface area (Å²) in [5.41, 5.74) is 2.57. The summed E-state index contributed by atoms with van der Waals surface area (Å²) >= 11 is 1.28. The van der Waals surface area contributed by atoms with Gasteiger partial charge in [-0.2, -0.15) is 0 Å². The summed E-state index contributed by atoms with van der Waals surface area (Å²) in [5.74, 6) is 0. The summed E-state index contributed by atoms with van der Waals surface area (Å²) in [6, 6.07) is 12.5. The Bertz CT molecular complexity index is 1240. The predicted molar refractivity (Wildman–Crippen MR) is 120 cm³/mol. The molecule has 0 atom stereocenters. The number of nitrogens with zero attached hydrogens (tertiary/aromatic N) is 7. The average Bonchev–Trinajstić information content (AvgIpc) is 3.38. The molecule has 0 unspecified atom stereocenters. The Morgan fingerprint density at radius 1 is 1.22 bits per heavy atom. The SMILES string of the molecule is CCN(CCn1cc[n+](C)c1)c1ccc(N=Nc2nc3ccc([N+](=O)[O-])cc3s2)cc1.[Br-]. The number of aromatic nitrogens is 3. The van der Waals surface area contributed by atoms with Crippen LogP contribution in [0.3, 0.4) is 0 Å². The summed E-state index contributed by atoms with van der Waals surface area (Å²) in [4.78, 5) is 17.2. The van der Waals surface area contributed by atoms with Gasteiger partial charge in [0.2, 0.25) is 11.5 Å². The maximum atomic E-state index is 10.9. The number of nitro groups is 1. The Kier molecular flexibility index (Phi) is 7.65. The Labute approximate surface area is 199 Å². The Morgan fingerprint density at radius 2 is 2.00 bits per heavy atom. The van der Waals surface area contributed by atoms with Crippen LogP contribution in [0, 0.1) is 10.1 Å². The van der Waals surface area contributed by atoms with Crippen LogP contribution in [-0.2, 0) is 13.6 Å². The molecule has 166 valence electrons. The van der Waals surface area contributed by atoms with Crippen LogP contribution in [0.2, 0.25) is 0 Å². The molecule has 9 nitrogen and oxygen atoms in total. The summed E-state index contributed by atoms with van der Waals surface area (Å²) < 4.78 is 4.91. The molecule has 0 bridgehead atoms. The molecule has 11 heteroatoms. The smallest absolute Gasteiger partial charge is 0.270 e. The fourth-order valence-electron chi connectivity index (χ4n) is 3.23. The minimum Gasteiger partial charge on any atom is -1.00 e. The fourth-order valence-corrected chi connectivity index (χ4v) is 4.05. The third kappa shape index (κ3) is 5.54. The zero-order valence-electron chi connectivity index (χ0n) is 17.6. The highest BCUT2D eigenvalue weighted by molar-refractivity contribution is 7.21. The standard InChI is InChI=1S/C21H22N7O2S.BrH/c1-3-27(13-12-26-11-10-25(2)15-26)17-6-4-16(5-7-17)23-24-21-22-19-9-8-18(28(29)30)14-20(19)31-21;/h4-11,14-15H,3,12-13H2,1-2H3;1H/q+1;/p-1. The molecule has 0 amide bonds. The lowest BCUT2D eigenvalue weighted by Gasteiger charge is -2.22. The number of nitro benzene ring substituents is 1. The summed E-state index contributed by atoms with van der Waals surface area (Å²) in [6.07, 6.45) is 6.16. The van der Waals surface area contributed by atoms with Crippen LogP contribution in [0.15, 0.2) is 71.4 Å². The molecule has 0 aliphatic carbocycles. The first-order valence-electron chi connectivity index (χ1n) is 9.84. The van der Waals surface area contributed by atoms with E-state index in [0.717, 1.165) is 31.0 Å². The second kappa shape index (κ2) is 10.4. The van der Waals surface area contributed by atoms with Crippen LogP contribution in [0.4, 0.5) is 22.2 Å². The number of aryl methyl sites for hydroxylation is 1. The molecule has 0 fully saturated rings. The first-order valence-corrected chi connectivity index (χ1v) is 10.7. The number of imidazole rings is 1. The van der Waals surface area contributed by atoms with Crippen molar-refractivity contribution in [3.05, 3.63) is 71.3 Å². The normalized spacial score (nSPS) is 11.1. The summed E-state index contributed by atoms with van der Waals surface area (Å²) in [7, 11) is 2.01. The molecule has 0 saturated carbocycles. The van der Waals surface area contributed by atoms with E-state index in [-0.39, 0.29) is 22.7 Å². The van der Waals surface area contributed by atoms with Crippen LogP contribution < -0.4 is 26.4 Å². The second-order valence-electron chi connectivity index (χ2n) is 7.02. The molecule has 0 N–H and O–H groups in total. The fraction of sp³-hybridized carbons (Fsp3) is 0.238. The van der Waals surface area contributed by atoms with Gasteiger partial charge in [0.15, 0.2) is 0 Å². The first kappa shape index (κ1) is 23.5. The van der Waals surface area contributed by atoms with E-state index >= 15 is 0 Å². The number of likely N-dealkylation sites (N-methyl/N-ethyl adjacent to an activating group) is 1. The molecule has 4 aromatic rings. The molecule has 0 aliphatic heterocycles. The number of azo groups is 1. The Morgan fingerprint density at radius 3 is 2.66 bits per heavy atom. The minimum absolute atomic E-state index is 0. The van der Waals surface area contributed by atoms with Crippen molar-refractivity contribution in [2.45, 2.75) is 13.5 Å². The number of non-ortho nitro benzene ring substituents is 1. The van der Waals surface area contributed by atoms with Crippen LogP contribution in [0.25, 0.3) is 10.2 Å². The van der Waals surface area contributed by atoms with E-state index in [0.29, 0.717) is 15.3 Å². The van der Waals surface area contributed by atoms with Crippen molar-refractivity contribution in [3.63, 3.8) is 0 Å².